The summed E-state index contributed by atoms with van der Waals surface area (Å²) in [4.78, 5) is 2.44. The van der Waals surface area contributed by atoms with Crippen molar-refractivity contribution in [3.63, 3.8) is 0 Å². The third-order valence-electron chi connectivity index (χ3n) is 4.63. The highest BCUT2D eigenvalue weighted by Crippen LogP contribution is 2.24. The van der Waals surface area contributed by atoms with Gasteiger partial charge in [0.05, 0.1) is 18.0 Å². The van der Waals surface area contributed by atoms with Gasteiger partial charge in [-0.15, -0.1) is 0 Å². The molecule has 1 unspecified atom stereocenters. The molecule has 1 heterocycles. The normalized spacial score (nSPS) is 17.5. The summed E-state index contributed by atoms with van der Waals surface area (Å²) in [5.74, 6) is 0. The number of hydrogen-bond acceptors (Lipinski definition) is 3. The van der Waals surface area contributed by atoms with Gasteiger partial charge in [0.15, 0.2) is 0 Å². The Labute approximate surface area is 138 Å². The largest absolute Gasteiger partial charge is 0.392 e. The van der Waals surface area contributed by atoms with E-state index in [1.807, 2.05) is 36.0 Å². The maximum Gasteiger partial charge on any atom is 0.0645 e. The molecule has 1 atom stereocenters. The Balaban J connectivity index is 1.70. The van der Waals surface area contributed by atoms with Crippen molar-refractivity contribution in [2.45, 2.75) is 57.7 Å². The van der Waals surface area contributed by atoms with Crippen molar-refractivity contribution in [1.82, 2.24) is 14.7 Å². The molecule has 0 radical (unpaired) electrons. The molecule has 1 aliphatic carbocycles. The molecule has 4 heteroatoms. The van der Waals surface area contributed by atoms with Gasteiger partial charge in [0.2, 0.25) is 0 Å². The molecule has 1 aromatic carbocycles. The second-order valence-corrected chi connectivity index (χ2v) is 6.70. The number of aliphatic hydroxyl groups excluding tert-OH is 1. The van der Waals surface area contributed by atoms with Crippen LogP contribution in [0.4, 0.5) is 0 Å². The molecule has 1 aromatic heterocycles. The summed E-state index contributed by atoms with van der Waals surface area (Å²) in [5, 5.41) is 14.3. The first-order valence-electron chi connectivity index (χ1n) is 8.73. The minimum absolute atomic E-state index is 0.291. The van der Waals surface area contributed by atoms with E-state index in [-0.39, 0.29) is 6.10 Å². The van der Waals surface area contributed by atoms with E-state index in [9.17, 15) is 5.11 Å². The fraction of sp³-hybridized carbons (Fsp3) is 0.526. The molecule has 0 aliphatic heterocycles. The van der Waals surface area contributed by atoms with Gasteiger partial charge in [-0.2, -0.15) is 5.10 Å². The number of aliphatic hydroxyl groups is 1. The third kappa shape index (κ3) is 4.43. The SMILES string of the molecule is CC(O)CN(Cc1cnn(-c2ccccc2)c1)C1CCCCC1. The fourth-order valence-corrected chi connectivity index (χ4v) is 3.53. The standard InChI is InChI=1S/C19H27N3O/c1-16(23)13-21(18-8-4-2-5-9-18)14-17-12-20-22(15-17)19-10-6-3-7-11-19/h3,6-7,10-12,15-16,18,23H,2,4-5,8-9,13-14H2,1H3. The van der Waals surface area contributed by atoms with E-state index in [0.29, 0.717) is 6.04 Å². The first-order chi connectivity index (χ1) is 11.2. The zero-order chi connectivity index (χ0) is 16.1. The number of benzene rings is 1. The van der Waals surface area contributed by atoms with Gasteiger partial charge in [-0.1, -0.05) is 37.5 Å². The van der Waals surface area contributed by atoms with Crippen LogP contribution < -0.4 is 0 Å². The lowest BCUT2D eigenvalue weighted by atomic mass is 9.93. The Morgan fingerprint density at radius 2 is 1.96 bits per heavy atom. The Bertz CT molecular complexity index is 588. The Morgan fingerprint density at radius 1 is 1.22 bits per heavy atom. The van der Waals surface area contributed by atoms with Crippen LogP contribution in [0.15, 0.2) is 42.7 Å². The highest BCUT2D eigenvalue weighted by Gasteiger charge is 2.22. The molecule has 1 fully saturated rings. The molecule has 0 bridgehead atoms. The zero-order valence-electron chi connectivity index (χ0n) is 13.9. The van der Waals surface area contributed by atoms with E-state index in [1.54, 1.807) is 0 Å². The number of para-hydroxylation sites is 1. The van der Waals surface area contributed by atoms with Crippen LogP contribution in [0, 0.1) is 0 Å². The van der Waals surface area contributed by atoms with Crippen LogP contribution in [0.1, 0.15) is 44.6 Å². The summed E-state index contributed by atoms with van der Waals surface area (Å²) in [7, 11) is 0. The van der Waals surface area contributed by atoms with Crippen molar-refractivity contribution in [1.29, 1.82) is 0 Å². The summed E-state index contributed by atoms with van der Waals surface area (Å²) in [5.41, 5.74) is 2.29. The molecule has 2 aromatic rings. The van der Waals surface area contributed by atoms with E-state index >= 15 is 0 Å². The summed E-state index contributed by atoms with van der Waals surface area (Å²) in [6.07, 6.45) is 10.2. The molecule has 0 saturated heterocycles. The zero-order valence-corrected chi connectivity index (χ0v) is 13.9. The lowest BCUT2D eigenvalue weighted by Crippen LogP contribution is -2.40. The topological polar surface area (TPSA) is 41.3 Å². The summed E-state index contributed by atoms with van der Waals surface area (Å²) in [6, 6.07) is 10.8. The highest BCUT2D eigenvalue weighted by molar-refractivity contribution is 5.30. The van der Waals surface area contributed by atoms with Gasteiger partial charge in [0.1, 0.15) is 0 Å². The van der Waals surface area contributed by atoms with Gasteiger partial charge in [-0.25, -0.2) is 4.68 Å². The van der Waals surface area contributed by atoms with Crippen LogP contribution in [0.25, 0.3) is 5.69 Å². The third-order valence-corrected chi connectivity index (χ3v) is 4.63. The Morgan fingerprint density at radius 3 is 2.65 bits per heavy atom. The fourth-order valence-electron chi connectivity index (χ4n) is 3.53. The smallest absolute Gasteiger partial charge is 0.0645 e. The molecule has 0 amide bonds. The van der Waals surface area contributed by atoms with Crippen molar-refractivity contribution in [2.75, 3.05) is 6.54 Å². The molecule has 1 aliphatic rings. The molecule has 0 spiro atoms. The van der Waals surface area contributed by atoms with Crippen LogP contribution in [0.3, 0.4) is 0 Å². The van der Waals surface area contributed by atoms with Gasteiger partial charge in [-0.05, 0) is 31.9 Å². The molecule has 1 saturated carbocycles. The van der Waals surface area contributed by atoms with Crippen LogP contribution in [0.5, 0.6) is 0 Å². The van der Waals surface area contributed by atoms with Crippen molar-refractivity contribution in [2.24, 2.45) is 0 Å². The van der Waals surface area contributed by atoms with Crippen molar-refractivity contribution in [3.8, 4) is 5.69 Å². The second kappa shape index (κ2) is 7.75. The molecule has 3 rings (SSSR count). The van der Waals surface area contributed by atoms with Gasteiger partial charge >= 0.3 is 0 Å². The first-order valence-corrected chi connectivity index (χ1v) is 8.73. The van der Waals surface area contributed by atoms with E-state index < -0.39 is 0 Å². The average molecular weight is 313 g/mol. The van der Waals surface area contributed by atoms with E-state index in [0.717, 1.165) is 18.8 Å². The number of aromatic nitrogens is 2. The lowest BCUT2D eigenvalue weighted by molar-refractivity contribution is 0.0769. The predicted molar refractivity (Wildman–Crippen MR) is 92.5 cm³/mol. The first kappa shape index (κ1) is 16.2. The molecule has 4 nitrogen and oxygen atoms in total. The Kier molecular flexibility index (Phi) is 5.47. The van der Waals surface area contributed by atoms with E-state index in [2.05, 4.69) is 28.3 Å². The van der Waals surface area contributed by atoms with Crippen LogP contribution in [0.2, 0.25) is 0 Å². The van der Waals surface area contributed by atoms with Gasteiger partial charge in [0.25, 0.3) is 0 Å². The van der Waals surface area contributed by atoms with Gasteiger partial charge in [-0.3, -0.25) is 4.90 Å². The number of hydrogen-bond donors (Lipinski definition) is 1. The number of nitrogens with zero attached hydrogens (tertiary/aromatic N) is 3. The van der Waals surface area contributed by atoms with Crippen LogP contribution in [-0.2, 0) is 6.54 Å². The van der Waals surface area contributed by atoms with E-state index in [1.165, 1.54) is 37.7 Å². The molecular weight excluding hydrogens is 286 g/mol. The van der Waals surface area contributed by atoms with Crippen LogP contribution in [-0.4, -0.2) is 38.5 Å². The Hall–Kier alpha value is -1.65. The summed E-state index contributed by atoms with van der Waals surface area (Å²) < 4.78 is 1.93. The van der Waals surface area contributed by atoms with Crippen molar-refractivity contribution in [3.05, 3.63) is 48.3 Å². The van der Waals surface area contributed by atoms with Crippen molar-refractivity contribution >= 4 is 0 Å². The van der Waals surface area contributed by atoms with E-state index in [4.69, 9.17) is 0 Å². The van der Waals surface area contributed by atoms with Gasteiger partial charge < -0.3 is 5.11 Å². The minimum Gasteiger partial charge on any atom is -0.392 e. The van der Waals surface area contributed by atoms with Crippen molar-refractivity contribution < 1.29 is 5.11 Å². The summed E-state index contributed by atoms with van der Waals surface area (Å²) >= 11 is 0. The quantitative estimate of drug-likeness (QED) is 0.889. The number of rotatable bonds is 6. The van der Waals surface area contributed by atoms with Crippen LogP contribution >= 0.6 is 0 Å². The molecule has 124 valence electrons. The predicted octanol–water partition coefficient (Wildman–Crippen LogP) is 3.39. The summed E-state index contributed by atoms with van der Waals surface area (Å²) in [6.45, 7) is 3.48. The van der Waals surface area contributed by atoms with Gasteiger partial charge in [0, 0.05) is 30.9 Å². The monoisotopic (exact) mass is 313 g/mol. The maximum absolute atomic E-state index is 9.85. The molecular formula is C19H27N3O. The minimum atomic E-state index is -0.291. The maximum atomic E-state index is 9.85. The molecule has 1 N–H and O–H groups in total. The average Bonchev–Trinajstić information content (AvgIpc) is 3.04. The molecule has 23 heavy (non-hydrogen) atoms. The second-order valence-electron chi connectivity index (χ2n) is 6.70. The lowest BCUT2D eigenvalue weighted by Gasteiger charge is -2.34. The highest BCUT2D eigenvalue weighted by atomic mass is 16.3.